The summed E-state index contributed by atoms with van der Waals surface area (Å²) in [5.41, 5.74) is 1.55. The number of sulfone groups is 1. The van der Waals surface area contributed by atoms with Crippen molar-refractivity contribution in [1.82, 2.24) is 14.5 Å². The number of carbonyl (C=O) groups excluding carboxylic acids is 1. The van der Waals surface area contributed by atoms with Crippen LogP contribution in [0.15, 0.2) is 41.7 Å². The van der Waals surface area contributed by atoms with Gasteiger partial charge in [0.05, 0.1) is 17.4 Å². The Bertz CT molecular complexity index is 834. The van der Waals surface area contributed by atoms with Crippen LogP contribution in [0.3, 0.4) is 0 Å². The number of carbonyl (C=O) groups is 1. The van der Waals surface area contributed by atoms with Crippen LogP contribution in [0.25, 0.3) is 0 Å². The Kier molecular flexibility index (Phi) is 4.31. The van der Waals surface area contributed by atoms with Crippen molar-refractivity contribution in [3.63, 3.8) is 0 Å². The minimum absolute atomic E-state index is 0.0120. The molecule has 0 unspecified atom stereocenters. The third-order valence-corrected chi connectivity index (χ3v) is 5.36. The van der Waals surface area contributed by atoms with Crippen molar-refractivity contribution in [2.45, 2.75) is 4.90 Å². The number of aromatic nitrogens is 2. The molecule has 0 aliphatic carbocycles. The predicted molar refractivity (Wildman–Crippen MR) is 90.9 cm³/mol. The van der Waals surface area contributed by atoms with Gasteiger partial charge in [-0.05, 0) is 24.3 Å². The van der Waals surface area contributed by atoms with Gasteiger partial charge in [0.15, 0.2) is 9.84 Å². The minimum Gasteiger partial charge on any atom is -0.368 e. The van der Waals surface area contributed by atoms with Crippen LogP contribution in [0.5, 0.6) is 0 Å². The average Bonchev–Trinajstić information content (AvgIpc) is 3.00. The van der Waals surface area contributed by atoms with E-state index in [1.807, 2.05) is 17.0 Å². The molecule has 8 heteroatoms. The number of nitrogens with zero attached hydrogens (tertiary/aromatic N) is 4. The van der Waals surface area contributed by atoms with Crippen LogP contribution < -0.4 is 4.90 Å². The standard InChI is InChI=1S/C16H20N4O3S/c1-18-12-17-11-15(18)16(21)20-9-7-19(8-10-20)13-3-5-14(6-4-13)24(2,22)23/h3-6,11-12H,7-10H2,1-2H3. The SMILES string of the molecule is Cn1cncc1C(=O)N1CCN(c2ccc(S(C)(=O)=O)cc2)CC1. The molecule has 7 nitrogen and oxygen atoms in total. The molecule has 2 aromatic rings. The van der Waals surface area contributed by atoms with E-state index in [1.165, 1.54) is 6.26 Å². The second-order valence-corrected chi connectivity index (χ2v) is 7.95. The summed E-state index contributed by atoms with van der Waals surface area (Å²) in [6.07, 6.45) is 4.40. The first kappa shape index (κ1) is 16.5. The van der Waals surface area contributed by atoms with Gasteiger partial charge < -0.3 is 14.4 Å². The van der Waals surface area contributed by atoms with Crippen LogP contribution in [-0.4, -0.2) is 61.2 Å². The maximum Gasteiger partial charge on any atom is 0.272 e. The molecular formula is C16H20N4O3S. The normalized spacial score (nSPS) is 15.6. The average molecular weight is 348 g/mol. The molecule has 1 saturated heterocycles. The molecule has 0 radical (unpaired) electrons. The molecular weight excluding hydrogens is 328 g/mol. The molecule has 2 heterocycles. The highest BCUT2D eigenvalue weighted by Gasteiger charge is 2.24. The lowest BCUT2D eigenvalue weighted by Crippen LogP contribution is -2.49. The van der Waals surface area contributed by atoms with Gasteiger partial charge in [-0.2, -0.15) is 0 Å². The molecule has 1 aliphatic rings. The number of imidazole rings is 1. The maximum atomic E-state index is 12.5. The summed E-state index contributed by atoms with van der Waals surface area (Å²) in [6.45, 7) is 2.67. The summed E-state index contributed by atoms with van der Waals surface area (Å²) in [5.74, 6) is -0.0120. The van der Waals surface area contributed by atoms with Crippen molar-refractivity contribution < 1.29 is 13.2 Å². The van der Waals surface area contributed by atoms with Crippen molar-refractivity contribution in [1.29, 1.82) is 0 Å². The van der Waals surface area contributed by atoms with E-state index in [1.54, 1.807) is 36.3 Å². The topological polar surface area (TPSA) is 75.5 Å². The predicted octanol–water partition coefficient (Wildman–Crippen LogP) is 0.786. The number of hydrogen-bond acceptors (Lipinski definition) is 5. The maximum absolute atomic E-state index is 12.5. The van der Waals surface area contributed by atoms with E-state index >= 15 is 0 Å². The third kappa shape index (κ3) is 3.28. The van der Waals surface area contributed by atoms with Crippen LogP contribution in [0.1, 0.15) is 10.5 Å². The van der Waals surface area contributed by atoms with Crippen LogP contribution in [0.2, 0.25) is 0 Å². The van der Waals surface area contributed by atoms with E-state index < -0.39 is 9.84 Å². The van der Waals surface area contributed by atoms with Crippen molar-refractivity contribution >= 4 is 21.4 Å². The van der Waals surface area contributed by atoms with E-state index in [2.05, 4.69) is 9.88 Å². The van der Waals surface area contributed by atoms with Crippen LogP contribution in [0, 0.1) is 0 Å². The van der Waals surface area contributed by atoms with Crippen molar-refractivity contribution in [2.24, 2.45) is 7.05 Å². The Morgan fingerprint density at radius 2 is 1.71 bits per heavy atom. The highest BCUT2D eigenvalue weighted by atomic mass is 32.2. The summed E-state index contributed by atoms with van der Waals surface area (Å²) in [7, 11) is -1.37. The Morgan fingerprint density at radius 3 is 2.21 bits per heavy atom. The lowest BCUT2D eigenvalue weighted by Gasteiger charge is -2.36. The van der Waals surface area contributed by atoms with Gasteiger partial charge in [0.1, 0.15) is 5.69 Å². The van der Waals surface area contributed by atoms with Gasteiger partial charge in [0.25, 0.3) is 5.91 Å². The Labute approximate surface area is 141 Å². The molecule has 1 aromatic carbocycles. The third-order valence-electron chi connectivity index (χ3n) is 4.23. The van der Waals surface area contributed by atoms with Gasteiger partial charge in [-0.25, -0.2) is 13.4 Å². The highest BCUT2D eigenvalue weighted by molar-refractivity contribution is 7.90. The molecule has 24 heavy (non-hydrogen) atoms. The molecule has 1 aliphatic heterocycles. The second-order valence-electron chi connectivity index (χ2n) is 5.94. The summed E-state index contributed by atoms with van der Waals surface area (Å²) in [5, 5.41) is 0. The second kappa shape index (κ2) is 6.27. The van der Waals surface area contributed by atoms with E-state index in [9.17, 15) is 13.2 Å². The first-order valence-electron chi connectivity index (χ1n) is 7.67. The Balaban J connectivity index is 1.65. The van der Waals surface area contributed by atoms with E-state index in [4.69, 9.17) is 0 Å². The molecule has 128 valence electrons. The molecule has 0 N–H and O–H groups in total. The number of hydrogen-bond donors (Lipinski definition) is 0. The summed E-state index contributed by atoms with van der Waals surface area (Å²) < 4.78 is 24.7. The fourth-order valence-corrected chi connectivity index (χ4v) is 3.43. The van der Waals surface area contributed by atoms with Gasteiger partial charge in [0, 0.05) is 45.2 Å². The quantitative estimate of drug-likeness (QED) is 0.820. The van der Waals surface area contributed by atoms with Gasteiger partial charge >= 0.3 is 0 Å². The van der Waals surface area contributed by atoms with Gasteiger partial charge in [-0.15, -0.1) is 0 Å². The van der Waals surface area contributed by atoms with E-state index in [0.29, 0.717) is 36.8 Å². The lowest BCUT2D eigenvalue weighted by molar-refractivity contribution is 0.0737. The van der Waals surface area contributed by atoms with Gasteiger partial charge in [0.2, 0.25) is 0 Å². The molecule has 0 saturated carbocycles. The molecule has 0 spiro atoms. The van der Waals surface area contributed by atoms with Crippen LogP contribution in [0.4, 0.5) is 5.69 Å². The molecule has 0 bridgehead atoms. The Morgan fingerprint density at radius 1 is 1.08 bits per heavy atom. The number of piperazine rings is 1. The van der Waals surface area contributed by atoms with Crippen molar-refractivity contribution in [3.05, 3.63) is 42.5 Å². The number of rotatable bonds is 3. The first-order chi connectivity index (χ1) is 11.4. The minimum atomic E-state index is -3.18. The summed E-state index contributed by atoms with van der Waals surface area (Å²) in [6, 6.07) is 6.87. The summed E-state index contributed by atoms with van der Waals surface area (Å²) >= 11 is 0. The van der Waals surface area contributed by atoms with Gasteiger partial charge in [-0.3, -0.25) is 4.79 Å². The fourth-order valence-electron chi connectivity index (χ4n) is 2.80. The molecule has 1 fully saturated rings. The zero-order valence-electron chi connectivity index (χ0n) is 13.7. The van der Waals surface area contributed by atoms with Crippen LogP contribution in [-0.2, 0) is 16.9 Å². The summed E-state index contributed by atoms with van der Waals surface area (Å²) in [4.78, 5) is 20.7. The number of benzene rings is 1. The lowest BCUT2D eigenvalue weighted by atomic mass is 10.2. The highest BCUT2D eigenvalue weighted by Crippen LogP contribution is 2.20. The first-order valence-corrected chi connectivity index (χ1v) is 9.56. The molecule has 3 rings (SSSR count). The fraction of sp³-hybridized carbons (Fsp3) is 0.375. The Hall–Kier alpha value is -2.35. The largest absolute Gasteiger partial charge is 0.368 e. The zero-order valence-corrected chi connectivity index (χ0v) is 14.5. The van der Waals surface area contributed by atoms with Crippen molar-refractivity contribution in [3.8, 4) is 0 Å². The van der Waals surface area contributed by atoms with E-state index in [0.717, 1.165) is 5.69 Å². The monoisotopic (exact) mass is 348 g/mol. The van der Waals surface area contributed by atoms with E-state index in [-0.39, 0.29) is 5.91 Å². The molecule has 1 amide bonds. The molecule has 0 atom stereocenters. The number of anilines is 1. The van der Waals surface area contributed by atoms with Crippen LogP contribution >= 0.6 is 0 Å². The van der Waals surface area contributed by atoms with Crippen molar-refractivity contribution in [2.75, 3.05) is 37.3 Å². The number of aryl methyl sites for hydroxylation is 1. The number of amides is 1. The zero-order chi connectivity index (χ0) is 17.3. The molecule has 1 aromatic heterocycles. The van der Waals surface area contributed by atoms with Gasteiger partial charge in [-0.1, -0.05) is 0 Å². The smallest absolute Gasteiger partial charge is 0.272 e.